The van der Waals surface area contributed by atoms with E-state index >= 15 is 0 Å². The van der Waals surface area contributed by atoms with Gasteiger partial charge in [-0.05, 0) is 40.4 Å². The Balaban J connectivity index is 1.83. The second-order valence-electron chi connectivity index (χ2n) is 8.21. The number of nitrogens with one attached hydrogen (secondary N) is 1. The zero-order chi connectivity index (χ0) is 23.7. The summed E-state index contributed by atoms with van der Waals surface area (Å²) in [4.78, 5) is 27.0. The molecule has 0 radical (unpaired) electrons. The Morgan fingerprint density at radius 3 is 2.82 bits per heavy atom. The molecule has 3 aromatic heterocycles. The molecule has 0 saturated heterocycles. The van der Waals surface area contributed by atoms with Crippen molar-refractivity contribution in [1.82, 2.24) is 29.6 Å². The maximum Gasteiger partial charge on any atom is 0.411 e. The number of methoxy groups -OCH3 is 1. The molecule has 0 fully saturated rings. The second kappa shape index (κ2) is 9.36. The van der Waals surface area contributed by atoms with Crippen LogP contribution in [0.5, 0.6) is 5.75 Å². The molecule has 0 aromatic carbocycles. The minimum absolute atomic E-state index is 0.0353. The van der Waals surface area contributed by atoms with Crippen LogP contribution >= 0.6 is 11.8 Å². The first-order valence-corrected chi connectivity index (χ1v) is 11.5. The molecular weight excluding hydrogens is 442 g/mol. The smallest absolute Gasteiger partial charge is 0.411 e. The van der Waals surface area contributed by atoms with Gasteiger partial charge < -0.3 is 14.7 Å². The van der Waals surface area contributed by atoms with Crippen LogP contribution in [0.1, 0.15) is 28.9 Å². The second-order valence-corrected chi connectivity index (χ2v) is 9.18. The van der Waals surface area contributed by atoms with Crippen LogP contribution in [0.4, 0.5) is 10.7 Å². The van der Waals surface area contributed by atoms with Gasteiger partial charge in [0.05, 0.1) is 30.4 Å². The predicted octanol–water partition coefficient (Wildman–Crippen LogP) is 3.43. The SMILES string of the molecule is COc1c(C)cnc(Cn2nc3c4c(nc(NC(=O)O)nc42)SCC(CCN(C)C)=C3)c1C. The summed E-state index contributed by atoms with van der Waals surface area (Å²) < 4.78 is 7.31. The van der Waals surface area contributed by atoms with Crippen molar-refractivity contribution in [2.24, 2.45) is 0 Å². The number of thioether (sulfide) groups is 1. The van der Waals surface area contributed by atoms with Crippen molar-refractivity contribution in [2.75, 3.05) is 38.8 Å². The van der Waals surface area contributed by atoms with Crippen LogP contribution in [0.3, 0.4) is 0 Å². The molecule has 3 aromatic rings. The van der Waals surface area contributed by atoms with Gasteiger partial charge in [0.25, 0.3) is 0 Å². The van der Waals surface area contributed by atoms with Crippen molar-refractivity contribution in [3.05, 3.63) is 34.3 Å². The quantitative estimate of drug-likeness (QED) is 0.502. The fraction of sp³-hybridized carbons (Fsp3) is 0.409. The van der Waals surface area contributed by atoms with Crippen LogP contribution in [-0.4, -0.2) is 74.3 Å². The first-order chi connectivity index (χ1) is 15.8. The normalized spacial score (nSPS) is 13.2. The largest absolute Gasteiger partial charge is 0.496 e. The molecule has 0 aliphatic carbocycles. The van der Waals surface area contributed by atoms with Crippen LogP contribution < -0.4 is 10.1 Å². The van der Waals surface area contributed by atoms with Crippen molar-refractivity contribution >= 4 is 40.9 Å². The molecule has 0 spiro atoms. The van der Waals surface area contributed by atoms with Crippen molar-refractivity contribution in [2.45, 2.75) is 31.8 Å². The molecule has 0 bridgehead atoms. The van der Waals surface area contributed by atoms with Gasteiger partial charge in [0.2, 0.25) is 5.95 Å². The highest BCUT2D eigenvalue weighted by Gasteiger charge is 2.23. The summed E-state index contributed by atoms with van der Waals surface area (Å²) in [5.41, 5.74) is 5.31. The van der Waals surface area contributed by atoms with Crippen molar-refractivity contribution in [3.8, 4) is 5.75 Å². The van der Waals surface area contributed by atoms with Crippen LogP contribution in [0, 0.1) is 13.8 Å². The summed E-state index contributed by atoms with van der Waals surface area (Å²) in [6.45, 7) is 5.22. The standard InChI is InChI=1S/C22H27N7O3S/c1-12-9-23-16(13(2)18(12)32-5)10-29-19-17-15(27-29)8-14(6-7-28(3)4)11-33-20(17)25-21(24-19)26-22(30)31/h8-9H,6-7,10-11H2,1-5H3,(H,30,31)(H,24,25,26). The number of aryl methyl sites for hydroxylation is 1. The maximum absolute atomic E-state index is 11.3. The molecule has 4 rings (SSSR count). The van der Waals surface area contributed by atoms with E-state index in [2.05, 4.69) is 31.2 Å². The highest BCUT2D eigenvalue weighted by atomic mass is 32.2. The number of amides is 1. The summed E-state index contributed by atoms with van der Waals surface area (Å²) in [6, 6.07) is 0. The zero-order valence-corrected chi connectivity index (χ0v) is 20.2. The molecule has 33 heavy (non-hydrogen) atoms. The summed E-state index contributed by atoms with van der Waals surface area (Å²) in [6.07, 6.45) is 3.59. The molecule has 11 heteroatoms. The fourth-order valence-corrected chi connectivity index (χ4v) is 4.86. The Kier molecular flexibility index (Phi) is 6.52. The average Bonchev–Trinajstić information content (AvgIpc) is 2.98. The van der Waals surface area contributed by atoms with Crippen LogP contribution in [0.15, 0.2) is 16.8 Å². The minimum atomic E-state index is -1.21. The lowest BCUT2D eigenvalue weighted by molar-refractivity contribution is 0.209. The molecule has 1 amide bonds. The van der Waals surface area contributed by atoms with Gasteiger partial charge in [0.1, 0.15) is 10.8 Å². The van der Waals surface area contributed by atoms with E-state index in [1.54, 1.807) is 29.8 Å². The summed E-state index contributed by atoms with van der Waals surface area (Å²) in [7, 11) is 5.74. The highest BCUT2D eigenvalue weighted by molar-refractivity contribution is 7.99. The first kappa shape index (κ1) is 23.0. The molecule has 1 aliphatic heterocycles. The third-order valence-corrected chi connectivity index (χ3v) is 6.55. The molecule has 174 valence electrons. The Bertz CT molecular complexity index is 1250. The number of hydrogen-bond acceptors (Lipinski definition) is 8. The van der Waals surface area contributed by atoms with E-state index in [1.165, 1.54) is 5.57 Å². The van der Waals surface area contributed by atoms with Crippen molar-refractivity contribution in [1.29, 1.82) is 0 Å². The van der Waals surface area contributed by atoms with Crippen LogP contribution in [0.25, 0.3) is 17.1 Å². The fourth-order valence-electron chi connectivity index (χ4n) is 3.81. The minimum Gasteiger partial charge on any atom is -0.496 e. The van der Waals surface area contributed by atoms with E-state index < -0.39 is 6.09 Å². The Morgan fingerprint density at radius 1 is 1.33 bits per heavy atom. The maximum atomic E-state index is 11.3. The van der Waals surface area contributed by atoms with Crippen molar-refractivity contribution < 1.29 is 14.6 Å². The van der Waals surface area contributed by atoms with E-state index in [9.17, 15) is 9.90 Å². The molecule has 0 unspecified atom stereocenters. The van der Waals surface area contributed by atoms with Gasteiger partial charge in [0, 0.05) is 29.6 Å². The Labute approximate surface area is 196 Å². The number of rotatable bonds is 7. The van der Waals surface area contributed by atoms with Gasteiger partial charge in [0.15, 0.2) is 5.65 Å². The summed E-state index contributed by atoms with van der Waals surface area (Å²) in [5.74, 6) is 1.59. The lowest BCUT2D eigenvalue weighted by Gasteiger charge is -2.13. The number of anilines is 1. The van der Waals surface area contributed by atoms with Crippen LogP contribution in [-0.2, 0) is 6.54 Å². The van der Waals surface area contributed by atoms with Gasteiger partial charge in [-0.15, -0.1) is 11.8 Å². The molecule has 1 aliphatic rings. The average molecular weight is 470 g/mol. The molecule has 10 nitrogen and oxygen atoms in total. The monoisotopic (exact) mass is 469 g/mol. The highest BCUT2D eigenvalue weighted by Crippen LogP contribution is 2.36. The topological polar surface area (TPSA) is 118 Å². The van der Waals surface area contributed by atoms with E-state index in [1.807, 2.05) is 27.9 Å². The summed E-state index contributed by atoms with van der Waals surface area (Å²) in [5, 5.41) is 17.9. The van der Waals surface area contributed by atoms with E-state index in [-0.39, 0.29) is 5.95 Å². The molecule has 0 saturated carbocycles. The van der Waals surface area contributed by atoms with Crippen LogP contribution in [0.2, 0.25) is 0 Å². The lowest BCUT2D eigenvalue weighted by atomic mass is 10.1. The van der Waals surface area contributed by atoms with Gasteiger partial charge in [-0.3, -0.25) is 10.3 Å². The number of carboxylic acid groups (broad SMARTS) is 1. The number of nitrogens with zero attached hydrogens (tertiary/aromatic N) is 6. The van der Waals surface area contributed by atoms with E-state index in [4.69, 9.17) is 9.84 Å². The molecule has 4 heterocycles. The number of ether oxygens (including phenoxy) is 1. The van der Waals surface area contributed by atoms with E-state index in [0.29, 0.717) is 17.2 Å². The molecular formula is C22H27N7O3S. The number of aromatic nitrogens is 5. The Hall–Kier alpha value is -3.18. The lowest BCUT2D eigenvalue weighted by Crippen LogP contribution is -2.14. The molecule has 2 N–H and O–H groups in total. The van der Waals surface area contributed by atoms with Gasteiger partial charge in [-0.1, -0.05) is 5.57 Å². The number of carbonyl (C=O) groups is 1. The van der Waals surface area contributed by atoms with E-state index in [0.717, 1.165) is 52.4 Å². The third kappa shape index (κ3) is 4.79. The third-order valence-electron chi connectivity index (χ3n) is 5.47. The Morgan fingerprint density at radius 2 is 2.12 bits per heavy atom. The van der Waals surface area contributed by atoms with Gasteiger partial charge in [-0.2, -0.15) is 10.1 Å². The number of hydrogen-bond donors (Lipinski definition) is 2. The van der Waals surface area contributed by atoms with Crippen molar-refractivity contribution in [3.63, 3.8) is 0 Å². The molecule has 0 atom stereocenters. The van der Waals surface area contributed by atoms with Gasteiger partial charge >= 0.3 is 6.09 Å². The summed E-state index contributed by atoms with van der Waals surface area (Å²) >= 11 is 1.57. The zero-order valence-electron chi connectivity index (χ0n) is 19.3. The first-order valence-electron chi connectivity index (χ1n) is 10.5. The van der Waals surface area contributed by atoms with Gasteiger partial charge in [-0.25, -0.2) is 14.5 Å². The number of pyridine rings is 1. The predicted molar refractivity (Wildman–Crippen MR) is 128 cm³/mol.